The molecule has 2 radical (unpaired) electrons. The summed E-state index contributed by atoms with van der Waals surface area (Å²) in [6.07, 6.45) is 3.41. The molecule has 1 aromatic heterocycles. The van der Waals surface area contributed by atoms with Crippen molar-refractivity contribution in [2.24, 2.45) is 4.99 Å². The van der Waals surface area contributed by atoms with Crippen LogP contribution in [-0.2, 0) is 0 Å². The van der Waals surface area contributed by atoms with Gasteiger partial charge in [-0.2, -0.15) is 0 Å². The van der Waals surface area contributed by atoms with Gasteiger partial charge in [-0.25, -0.2) is 4.98 Å². The van der Waals surface area contributed by atoms with Crippen LogP contribution >= 0.6 is 0 Å². The van der Waals surface area contributed by atoms with Gasteiger partial charge in [-0.1, -0.05) is 24.3 Å². The highest BCUT2D eigenvalue weighted by molar-refractivity contribution is 5.90. The maximum absolute atomic E-state index is 4.64. The highest BCUT2D eigenvalue weighted by atomic mass is 15.2. The number of benzene rings is 2. The van der Waals surface area contributed by atoms with Crippen LogP contribution in [0.4, 0.5) is 17.2 Å². The van der Waals surface area contributed by atoms with E-state index in [4.69, 9.17) is 0 Å². The Bertz CT molecular complexity index is 810. The van der Waals surface area contributed by atoms with Gasteiger partial charge in [-0.3, -0.25) is 9.98 Å². The molecule has 0 fully saturated rings. The van der Waals surface area contributed by atoms with Gasteiger partial charge in [0.25, 0.3) is 0 Å². The lowest BCUT2D eigenvalue weighted by Gasteiger charge is -2.24. The second-order valence-corrected chi connectivity index (χ2v) is 4.43. The third kappa shape index (κ3) is 1.73. The Hall–Kier alpha value is -2.75. The third-order valence-electron chi connectivity index (χ3n) is 3.18. The molecule has 0 bridgehead atoms. The van der Waals surface area contributed by atoms with Crippen molar-refractivity contribution >= 4 is 34.4 Å². The summed E-state index contributed by atoms with van der Waals surface area (Å²) in [5.41, 5.74) is 3.61. The van der Waals surface area contributed by atoms with E-state index in [0.717, 1.165) is 28.2 Å². The van der Waals surface area contributed by atoms with E-state index in [9.17, 15) is 0 Å². The first-order chi connectivity index (χ1) is 9.92. The lowest BCUT2D eigenvalue weighted by Crippen LogP contribution is -2.18. The van der Waals surface area contributed by atoms with Crippen LogP contribution in [0.3, 0.4) is 0 Å². The molecule has 0 saturated carbocycles. The van der Waals surface area contributed by atoms with Gasteiger partial charge in [0.15, 0.2) is 5.82 Å². The van der Waals surface area contributed by atoms with Crippen LogP contribution in [0.1, 0.15) is 0 Å². The molecule has 4 heteroatoms. The first-order valence-electron chi connectivity index (χ1n) is 6.31. The first kappa shape index (κ1) is 11.1. The number of rotatable bonds is 1. The number of hydrogen-bond acceptors (Lipinski definition) is 4. The molecule has 0 unspecified atom stereocenters. The molecule has 20 heavy (non-hydrogen) atoms. The number of hydrogen-bond donors (Lipinski definition) is 0. The van der Waals surface area contributed by atoms with Crippen LogP contribution in [0.25, 0.3) is 11.0 Å². The molecule has 0 amide bonds. The first-order valence-corrected chi connectivity index (χ1v) is 6.31. The van der Waals surface area contributed by atoms with Crippen LogP contribution in [0.2, 0.25) is 0 Å². The molecule has 0 aliphatic carbocycles. The average molecular weight is 258 g/mol. The van der Waals surface area contributed by atoms with Crippen molar-refractivity contribution < 1.29 is 0 Å². The molecule has 1 aliphatic rings. The second-order valence-electron chi connectivity index (χ2n) is 4.43. The fourth-order valence-electron chi connectivity index (χ4n) is 2.23. The van der Waals surface area contributed by atoms with E-state index in [1.165, 1.54) is 0 Å². The fraction of sp³-hybridized carbons (Fsp3) is 0. The third-order valence-corrected chi connectivity index (χ3v) is 3.18. The molecule has 4 nitrogen and oxygen atoms in total. The molecule has 94 valence electrons. The summed E-state index contributed by atoms with van der Waals surface area (Å²) in [5, 5.41) is 0. The second kappa shape index (κ2) is 4.42. The maximum atomic E-state index is 4.64. The molecule has 3 aromatic rings. The Kier molecular flexibility index (Phi) is 2.45. The quantitative estimate of drug-likeness (QED) is 0.670. The van der Waals surface area contributed by atoms with Crippen LogP contribution in [-0.4, -0.2) is 16.2 Å². The molecule has 2 heterocycles. The minimum atomic E-state index is 0.738. The molecule has 0 saturated heterocycles. The monoisotopic (exact) mass is 258 g/mol. The van der Waals surface area contributed by atoms with Gasteiger partial charge in [-0.15, -0.1) is 0 Å². The van der Waals surface area contributed by atoms with Gasteiger partial charge in [0.2, 0.25) is 0 Å². The molecular formula is C16H10N4. The number of aliphatic imine (C=N–C) groups is 1. The molecule has 2 aromatic carbocycles. The molecule has 0 spiro atoms. The minimum Gasteiger partial charge on any atom is -0.306 e. The predicted molar refractivity (Wildman–Crippen MR) is 79.5 cm³/mol. The van der Waals surface area contributed by atoms with Gasteiger partial charge in [0.1, 0.15) is 6.54 Å². The lowest BCUT2D eigenvalue weighted by molar-refractivity contribution is 1.13. The van der Waals surface area contributed by atoms with Gasteiger partial charge < -0.3 is 4.90 Å². The summed E-state index contributed by atoms with van der Waals surface area (Å²) in [6.45, 7) is 3.10. The van der Waals surface area contributed by atoms with Crippen molar-refractivity contribution in [2.75, 3.05) is 4.90 Å². The molecular weight excluding hydrogens is 248 g/mol. The van der Waals surface area contributed by atoms with Gasteiger partial charge in [-0.05, 0) is 24.3 Å². The molecule has 0 N–H and O–H groups in total. The number of fused-ring (bicyclic) bond motifs is 2. The van der Waals surface area contributed by atoms with E-state index in [-0.39, 0.29) is 0 Å². The fourth-order valence-corrected chi connectivity index (χ4v) is 2.23. The van der Waals surface area contributed by atoms with Gasteiger partial charge in [0.05, 0.1) is 28.6 Å². The van der Waals surface area contributed by atoms with Crippen LogP contribution < -0.4 is 4.90 Å². The molecule has 0 atom stereocenters. The minimum absolute atomic E-state index is 0.738. The van der Waals surface area contributed by atoms with Crippen molar-refractivity contribution in [3.05, 3.63) is 61.3 Å². The summed E-state index contributed by atoms with van der Waals surface area (Å²) in [6, 6.07) is 15.7. The summed E-state index contributed by atoms with van der Waals surface area (Å²) in [4.78, 5) is 15.3. The smallest absolute Gasteiger partial charge is 0.153 e. The largest absolute Gasteiger partial charge is 0.306 e. The van der Waals surface area contributed by atoms with E-state index in [1.807, 2.05) is 53.4 Å². The van der Waals surface area contributed by atoms with Crippen LogP contribution in [0, 0.1) is 6.54 Å². The van der Waals surface area contributed by atoms with Crippen molar-refractivity contribution in [2.45, 2.75) is 0 Å². The van der Waals surface area contributed by atoms with Crippen LogP contribution in [0.15, 0.2) is 59.7 Å². The molecule has 1 aliphatic heterocycles. The Balaban J connectivity index is 1.85. The Labute approximate surface area is 116 Å². The summed E-state index contributed by atoms with van der Waals surface area (Å²) in [7, 11) is 0. The number of anilines is 2. The highest BCUT2D eigenvalue weighted by Gasteiger charge is 2.18. The van der Waals surface area contributed by atoms with E-state index in [1.54, 1.807) is 12.4 Å². The van der Waals surface area contributed by atoms with Crippen molar-refractivity contribution in [1.82, 2.24) is 9.97 Å². The number of nitrogens with zero attached hydrogens (tertiary/aromatic N) is 4. The Morgan fingerprint density at radius 2 is 1.70 bits per heavy atom. The summed E-state index contributed by atoms with van der Waals surface area (Å²) < 4.78 is 0. The maximum Gasteiger partial charge on any atom is 0.153 e. The van der Waals surface area contributed by atoms with E-state index in [2.05, 4.69) is 21.5 Å². The summed E-state index contributed by atoms with van der Waals surface area (Å²) in [5.74, 6) is 0.738. The zero-order valence-electron chi connectivity index (χ0n) is 10.6. The summed E-state index contributed by atoms with van der Waals surface area (Å²) >= 11 is 0. The van der Waals surface area contributed by atoms with E-state index >= 15 is 0 Å². The SMILES string of the molecule is [C]1C=Nc2ccccc2N1c1cnc2ccccc2n1. The lowest BCUT2D eigenvalue weighted by atomic mass is 10.2. The van der Waals surface area contributed by atoms with Crippen molar-refractivity contribution in [3.8, 4) is 0 Å². The Morgan fingerprint density at radius 3 is 2.65 bits per heavy atom. The highest BCUT2D eigenvalue weighted by Crippen LogP contribution is 2.36. The van der Waals surface area contributed by atoms with Crippen molar-refractivity contribution in [3.63, 3.8) is 0 Å². The topological polar surface area (TPSA) is 41.4 Å². The normalized spacial score (nSPS) is 13.5. The Morgan fingerprint density at radius 1 is 0.900 bits per heavy atom. The van der Waals surface area contributed by atoms with Crippen molar-refractivity contribution in [1.29, 1.82) is 0 Å². The van der Waals surface area contributed by atoms with E-state index < -0.39 is 0 Å². The molecule has 4 rings (SSSR count). The van der Waals surface area contributed by atoms with E-state index in [0.29, 0.717) is 0 Å². The average Bonchev–Trinajstić information content (AvgIpc) is 2.54. The predicted octanol–water partition coefficient (Wildman–Crippen LogP) is 3.52. The zero-order chi connectivity index (χ0) is 13.4. The number of para-hydroxylation sites is 4. The zero-order valence-corrected chi connectivity index (χ0v) is 10.6. The van der Waals surface area contributed by atoms with Gasteiger partial charge in [0, 0.05) is 6.21 Å². The number of aromatic nitrogens is 2. The van der Waals surface area contributed by atoms with Crippen LogP contribution in [0.5, 0.6) is 0 Å². The standard InChI is InChI=1S/C16H10N4/c1-2-6-13-12(5-1)18-11-16(19-13)20-10-9-17-14-7-3-4-8-15(14)20/h1-9,11H. The van der Waals surface area contributed by atoms with Gasteiger partial charge >= 0.3 is 0 Å².